The summed E-state index contributed by atoms with van der Waals surface area (Å²) < 4.78 is 13.7. The zero-order valence-electron chi connectivity index (χ0n) is 10.4. The van der Waals surface area contributed by atoms with Crippen LogP contribution in [0, 0.1) is 5.82 Å². The minimum atomic E-state index is -1.03. The first-order valence-corrected chi connectivity index (χ1v) is 6.32. The van der Waals surface area contributed by atoms with Crippen LogP contribution in [0.1, 0.15) is 37.2 Å². The van der Waals surface area contributed by atoms with Crippen molar-refractivity contribution in [3.05, 3.63) is 35.6 Å². The smallest absolute Gasteiger partial charge is 0.303 e. The lowest BCUT2D eigenvalue weighted by atomic mass is 9.91. The highest BCUT2D eigenvalue weighted by atomic mass is 19.1. The second-order valence-corrected chi connectivity index (χ2v) is 4.86. The number of nitrogens with one attached hydrogen (secondary N) is 1. The molecule has 0 heterocycles. The van der Waals surface area contributed by atoms with Gasteiger partial charge in [-0.2, -0.15) is 0 Å². The Balaban J connectivity index is 2.08. The zero-order chi connectivity index (χ0) is 13.8. The summed E-state index contributed by atoms with van der Waals surface area (Å²) in [6.45, 7) is 0. The fraction of sp³-hybridized carbons (Fsp3) is 0.429. The SMILES string of the molecule is O=C(O)CC(CC(=O)NC1CC1)c1ccccc1F. The Morgan fingerprint density at radius 3 is 2.58 bits per heavy atom. The second-order valence-electron chi connectivity index (χ2n) is 4.86. The first-order valence-electron chi connectivity index (χ1n) is 6.32. The Morgan fingerprint density at radius 2 is 2.00 bits per heavy atom. The third-order valence-electron chi connectivity index (χ3n) is 3.14. The molecule has 1 saturated carbocycles. The molecule has 1 unspecified atom stereocenters. The van der Waals surface area contributed by atoms with E-state index in [9.17, 15) is 14.0 Å². The maximum atomic E-state index is 13.7. The van der Waals surface area contributed by atoms with Crippen LogP contribution in [-0.4, -0.2) is 23.0 Å². The topological polar surface area (TPSA) is 66.4 Å². The van der Waals surface area contributed by atoms with E-state index in [1.165, 1.54) is 12.1 Å². The van der Waals surface area contributed by atoms with Gasteiger partial charge >= 0.3 is 5.97 Å². The second kappa shape index (κ2) is 5.82. The van der Waals surface area contributed by atoms with Crippen molar-refractivity contribution < 1.29 is 19.1 Å². The summed E-state index contributed by atoms with van der Waals surface area (Å²) >= 11 is 0. The fourth-order valence-electron chi connectivity index (χ4n) is 2.05. The van der Waals surface area contributed by atoms with E-state index >= 15 is 0 Å². The fourth-order valence-corrected chi connectivity index (χ4v) is 2.05. The lowest BCUT2D eigenvalue weighted by Crippen LogP contribution is -2.27. The van der Waals surface area contributed by atoms with Crippen LogP contribution in [-0.2, 0) is 9.59 Å². The number of carboxylic acids is 1. The van der Waals surface area contributed by atoms with Crippen LogP contribution in [0.2, 0.25) is 0 Å². The summed E-state index contributed by atoms with van der Waals surface area (Å²) in [7, 11) is 0. The number of rotatable bonds is 6. The largest absolute Gasteiger partial charge is 0.481 e. The standard InChI is InChI=1S/C14H16FNO3/c15-12-4-2-1-3-11(12)9(8-14(18)19)7-13(17)16-10-5-6-10/h1-4,9-10H,5-8H2,(H,16,17)(H,18,19). The highest BCUT2D eigenvalue weighted by molar-refractivity contribution is 5.79. The van der Waals surface area contributed by atoms with Crippen LogP contribution >= 0.6 is 0 Å². The third kappa shape index (κ3) is 4.05. The summed E-state index contributed by atoms with van der Waals surface area (Å²) in [4.78, 5) is 22.6. The highest BCUT2D eigenvalue weighted by Crippen LogP contribution is 2.27. The van der Waals surface area contributed by atoms with Gasteiger partial charge in [-0.25, -0.2) is 4.39 Å². The molecule has 0 saturated heterocycles. The maximum absolute atomic E-state index is 13.7. The predicted octanol–water partition coefficient (Wildman–Crippen LogP) is 2.05. The van der Waals surface area contributed by atoms with E-state index < -0.39 is 17.7 Å². The summed E-state index contributed by atoms with van der Waals surface area (Å²) in [5.41, 5.74) is 0.288. The van der Waals surface area contributed by atoms with Gasteiger partial charge in [0.25, 0.3) is 0 Å². The third-order valence-corrected chi connectivity index (χ3v) is 3.14. The number of amides is 1. The van der Waals surface area contributed by atoms with Crippen molar-refractivity contribution in [2.24, 2.45) is 0 Å². The van der Waals surface area contributed by atoms with Gasteiger partial charge in [0.1, 0.15) is 5.82 Å². The van der Waals surface area contributed by atoms with E-state index in [0.717, 1.165) is 12.8 Å². The Morgan fingerprint density at radius 1 is 1.32 bits per heavy atom. The molecule has 1 aliphatic carbocycles. The molecule has 0 spiro atoms. The van der Waals surface area contributed by atoms with Gasteiger partial charge in [0.05, 0.1) is 6.42 Å². The molecule has 0 aliphatic heterocycles. The molecular formula is C14H16FNO3. The van der Waals surface area contributed by atoms with Gasteiger partial charge in [-0.3, -0.25) is 9.59 Å². The van der Waals surface area contributed by atoms with Gasteiger partial charge in [-0.05, 0) is 24.5 Å². The van der Waals surface area contributed by atoms with Crippen molar-refractivity contribution in [2.45, 2.75) is 37.6 Å². The van der Waals surface area contributed by atoms with E-state index in [1.54, 1.807) is 12.1 Å². The van der Waals surface area contributed by atoms with E-state index in [2.05, 4.69) is 5.32 Å². The molecule has 1 aliphatic rings. The van der Waals surface area contributed by atoms with Gasteiger partial charge in [-0.15, -0.1) is 0 Å². The molecule has 2 N–H and O–H groups in total. The number of carbonyl (C=O) groups excluding carboxylic acids is 1. The molecule has 0 aromatic heterocycles. The lowest BCUT2D eigenvalue weighted by molar-refractivity contribution is -0.137. The molecule has 102 valence electrons. The first kappa shape index (κ1) is 13.5. The van der Waals surface area contributed by atoms with Gasteiger partial charge in [0.15, 0.2) is 0 Å². The lowest BCUT2D eigenvalue weighted by Gasteiger charge is -2.15. The van der Waals surface area contributed by atoms with Crippen LogP contribution in [0.25, 0.3) is 0 Å². The van der Waals surface area contributed by atoms with Gasteiger partial charge in [-0.1, -0.05) is 18.2 Å². The normalized spacial score (nSPS) is 15.8. The van der Waals surface area contributed by atoms with Crippen LogP contribution in [0.5, 0.6) is 0 Å². The van der Waals surface area contributed by atoms with E-state index in [4.69, 9.17) is 5.11 Å². The number of hydrogen-bond donors (Lipinski definition) is 2. The molecular weight excluding hydrogens is 249 g/mol. The average molecular weight is 265 g/mol. The average Bonchev–Trinajstić information content (AvgIpc) is 3.12. The summed E-state index contributed by atoms with van der Waals surface area (Å²) in [5, 5.41) is 11.7. The number of hydrogen-bond acceptors (Lipinski definition) is 2. The Hall–Kier alpha value is -1.91. The van der Waals surface area contributed by atoms with Gasteiger partial charge in [0.2, 0.25) is 5.91 Å². The van der Waals surface area contributed by atoms with Crippen molar-refractivity contribution >= 4 is 11.9 Å². The van der Waals surface area contributed by atoms with Crippen molar-refractivity contribution in [2.75, 3.05) is 0 Å². The van der Waals surface area contributed by atoms with Gasteiger partial charge < -0.3 is 10.4 Å². The van der Waals surface area contributed by atoms with E-state index in [-0.39, 0.29) is 30.4 Å². The molecule has 5 heteroatoms. The van der Waals surface area contributed by atoms with Crippen LogP contribution in [0.15, 0.2) is 24.3 Å². The minimum Gasteiger partial charge on any atom is -0.481 e. The number of carboxylic acid groups (broad SMARTS) is 1. The molecule has 2 rings (SSSR count). The minimum absolute atomic E-state index is 0.00370. The quantitative estimate of drug-likeness (QED) is 0.827. The molecule has 19 heavy (non-hydrogen) atoms. The molecule has 1 aromatic carbocycles. The summed E-state index contributed by atoms with van der Waals surface area (Å²) in [5.74, 6) is -2.34. The Kier molecular flexibility index (Phi) is 4.14. The van der Waals surface area contributed by atoms with Crippen molar-refractivity contribution in [1.29, 1.82) is 0 Å². The van der Waals surface area contributed by atoms with Crippen LogP contribution in [0.4, 0.5) is 4.39 Å². The van der Waals surface area contributed by atoms with Crippen molar-refractivity contribution in [3.63, 3.8) is 0 Å². The molecule has 1 atom stereocenters. The van der Waals surface area contributed by atoms with Crippen LogP contribution < -0.4 is 5.32 Å². The summed E-state index contributed by atoms with van der Waals surface area (Å²) in [6, 6.07) is 6.22. The van der Waals surface area contributed by atoms with Crippen molar-refractivity contribution in [3.8, 4) is 0 Å². The molecule has 1 fully saturated rings. The maximum Gasteiger partial charge on any atom is 0.303 e. The molecule has 0 bridgehead atoms. The Bertz CT molecular complexity index is 485. The Labute approximate surface area is 110 Å². The van der Waals surface area contributed by atoms with E-state index in [0.29, 0.717) is 0 Å². The predicted molar refractivity (Wildman–Crippen MR) is 67.2 cm³/mol. The summed E-state index contributed by atoms with van der Waals surface area (Å²) in [6.07, 6.45) is 1.69. The van der Waals surface area contributed by atoms with Crippen LogP contribution in [0.3, 0.4) is 0 Å². The number of carbonyl (C=O) groups is 2. The first-order chi connectivity index (χ1) is 9.06. The zero-order valence-corrected chi connectivity index (χ0v) is 10.4. The number of aliphatic carboxylic acids is 1. The van der Waals surface area contributed by atoms with Gasteiger partial charge in [0, 0.05) is 18.4 Å². The molecule has 1 aromatic rings. The molecule has 4 nitrogen and oxygen atoms in total. The monoisotopic (exact) mass is 265 g/mol. The van der Waals surface area contributed by atoms with Crippen molar-refractivity contribution in [1.82, 2.24) is 5.32 Å². The number of halogens is 1. The number of benzene rings is 1. The molecule has 1 amide bonds. The van der Waals surface area contributed by atoms with E-state index in [1.807, 2.05) is 0 Å². The highest BCUT2D eigenvalue weighted by Gasteiger charge is 2.26. The molecule has 0 radical (unpaired) electrons.